The molecule has 100 valence electrons. The fourth-order valence-corrected chi connectivity index (χ4v) is 1.29. The van der Waals surface area contributed by atoms with Gasteiger partial charge in [0.1, 0.15) is 0 Å². The second-order valence-corrected chi connectivity index (χ2v) is 6.30. The molecule has 0 unspecified atom stereocenters. The molecule has 0 heterocycles. The van der Waals surface area contributed by atoms with Gasteiger partial charge in [-0.3, -0.25) is 9.59 Å². The molecule has 0 atom stereocenters. The summed E-state index contributed by atoms with van der Waals surface area (Å²) in [6.45, 7) is 10.4. The van der Waals surface area contributed by atoms with E-state index in [0.717, 1.165) is 12.8 Å². The molecule has 0 saturated carbocycles. The van der Waals surface area contributed by atoms with Crippen molar-refractivity contribution >= 4 is 11.8 Å². The van der Waals surface area contributed by atoms with Crippen molar-refractivity contribution in [1.29, 1.82) is 0 Å². The summed E-state index contributed by atoms with van der Waals surface area (Å²) in [7, 11) is 1.55. The average molecular weight is 242 g/mol. The molecule has 0 saturated heterocycles. The summed E-state index contributed by atoms with van der Waals surface area (Å²) in [6.07, 6.45) is 1.80. The molecule has 0 aromatic rings. The zero-order valence-corrected chi connectivity index (χ0v) is 11.9. The molecule has 0 fully saturated rings. The molecule has 0 aromatic heterocycles. The molecule has 17 heavy (non-hydrogen) atoms. The third-order valence-corrected chi connectivity index (χ3v) is 2.80. The lowest BCUT2D eigenvalue weighted by Gasteiger charge is -2.27. The predicted octanol–water partition coefficient (Wildman–Crippen LogP) is 1.70. The Balaban J connectivity index is 4.21. The van der Waals surface area contributed by atoms with Crippen molar-refractivity contribution in [1.82, 2.24) is 10.6 Å². The van der Waals surface area contributed by atoms with Crippen molar-refractivity contribution in [3.8, 4) is 0 Å². The molecule has 0 rings (SSSR count). The van der Waals surface area contributed by atoms with Crippen molar-refractivity contribution in [2.75, 3.05) is 13.6 Å². The Bertz CT molecular complexity index is 278. The van der Waals surface area contributed by atoms with Crippen LogP contribution in [0.15, 0.2) is 0 Å². The second-order valence-electron chi connectivity index (χ2n) is 6.30. The Labute approximate surface area is 105 Å². The molecule has 0 radical (unpaired) electrons. The Kier molecular flexibility index (Phi) is 5.66. The van der Waals surface area contributed by atoms with Crippen LogP contribution in [0.3, 0.4) is 0 Å². The summed E-state index contributed by atoms with van der Waals surface area (Å²) < 4.78 is 0. The molecule has 4 heteroatoms. The number of carbonyl (C=O) groups excluding carboxylic acids is 2. The molecule has 0 spiro atoms. The number of nitrogens with one attached hydrogen (secondary N) is 2. The van der Waals surface area contributed by atoms with E-state index in [1.807, 2.05) is 13.8 Å². The summed E-state index contributed by atoms with van der Waals surface area (Å²) >= 11 is 0. The van der Waals surface area contributed by atoms with Gasteiger partial charge < -0.3 is 10.6 Å². The van der Waals surface area contributed by atoms with Crippen molar-refractivity contribution < 1.29 is 9.59 Å². The standard InChI is InChI=1S/C13H26N2O2/c1-12(2,3)7-8-13(4,5)11(17)15-9-10(16)14-6/h7-9H2,1-6H3,(H,14,16)(H,15,17). The maximum Gasteiger partial charge on any atom is 0.239 e. The van der Waals surface area contributed by atoms with E-state index in [4.69, 9.17) is 0 Å². The smallest absolute Gasteiger partial charge is 0.239 e. The van der Waals surface area contributed by atoms with Gasteiger partial charge in [-0.1, -0.05) is 34.6 Å². The van der Waals surface area contributed by atoms with E-state index in [2.05, 4.69) is 31.4 Å². The molecular weight excluding hydrogens is 216 g/mol. The number of likely N-dealkylation sites (N-methyl/N-ethyl adjacent to an activating group) is 1. The van der Waals surface area contributed by atoms with Crippen LogP contribution in [0.1, 0.15) is 47.5 Å². The van der Waals surface area contributed by atoms with Crippen molar-refractivity contribution in [2.24, 2.45) is 10.8 Å². The van der Waals surface area contributed by atoms with E-state index in [-0.39, 0.29) is 23.8 Å². The molecule has 2 amide bonds. The lowest BCUT2D eigenvalue weighted by molar-refractivity contribution is -0.132. The van der Waals surface area contributed by atoms with Crippen molar-refractivity contribution in [3.63, 3.8) is 0 Å². The van der Waals surface area contributed by atoms with Crippen LogP contribution in [-0.4, -0.2) is 25.4 Å². The number of amides is 2. The van der Waals surface area contributed by atoms with Crippen LogP contribution in [0.2, 0.25) is 0 Å². The quantitative estimate of drug-likeness (QED) is 0.771. The number of rotatable bonds is 5. The van der Waals surface area contributed by atoms with Crippen molar-refractivity contribution in [2.45, 2.75) is 47.5 Å². The van der Waals surface area contributed by atoms with Gasteiger partial charge in [-0.2, -0.15) is 0 Å². The first-order chi connectivity index (χ1) is 7.58. The van der Waals surface area contributed by atoms with Gasteiger partial charge in [0.25, 0.3) is 0 Å². The first kappa shape index (κ1) is 15.9. The third kappa shape index (κ3) is 6.97. The molecule has 0 bridgehead atoms. The summed E-state index contributed by atoms with van der Waals surface area (Å²) in [4.78, 5) is 22.9. The SMILES string of the molecule is CNC(=O)CNC(=O)C(C)(C)CCC(C)(C)C. The van der Waals surface area contributed by atoms with Crippen LogP contribution in [0, 0.1) is 10.8 Å². The lowest BCUT2D eigenvalue weighted by Crippen LogP contribution is -2.42. The normalized spacial score (nSPS) is 12.1. The average Bonchev–Trinajstić information content (AvgIpc) is 2.21. The Morgan fingerprint density at radius 3 is 1.94 bits per heavy atom. The maximum absolute atomic E-state index is 11.9. The Hall–Kier alpha value is -1.06. The largest absolute Gasteiger partial charge is 0.358 e. The van der Waals surface area contributed by atoms with Crippen LogP contribution in [0.4, 0.5) is 0 Å². The fraction of sp³-hybridized carbons (Fsp3) is 0.846. The summed E-state index contributed by atoms with van der Waals surface area (Å²) in [5, 5.41) is 5.13. The highest BCUT2D eigenvalue weighted by Crippen LogP contribution is 2.30. The summed E-state index contributed by atoms with van der Waals surface area (Å²) in [5.74, 6) is -0.240. The summed E-state index contributed by atoms with van der Waals surface area (Å²) in [5.41, 5.74) is -0.209. The minimum absolute atomic E-state index is 0.0499. The van der Waals surface area contributed by atoms with Gasteiger partial charge in [0.05, 0.1) is 6.54 Å². The molecule has 2 N–H and O–H groups in total. The zero-order valence-electron chi connectivity index (χ0n) is 11.9. The van der Waals surface area contributed by atoms with Gasteiger partial charge in [-0.05, 0) is 18.3 Å². The Morgan fingerprint density at radius 1 is 1.00 bits per heavy atom. The topological polar surface area (TPSA) is 58.2 Å². The number of carbonyl (C=O) groups is 2. The summed E-state index contributed by atoms with van der Waals surface area (Å²) in [6, 6.07) is 0. The van der Waals surface area contributed by atoms with Gasteiger partial charge >= 0.3 is 0 Å². The number of hydrogen-bond donors (Lipinski definition) is 2. The minimum Gasteiger partial charge on any atom is -0.358 e. The maximum atomic E-state index is 11.9. The van der Waals surface area contributed by atoms with Gasteiger partial charge in [0, 0.05) is 12.5 Å². The van der Waals surface area contributed by atoms with E-state index in [9.17, 15) is 9.59 Å². The number of hydrogen-bond acceptors (Lipinski definition) is 2. The predicted molar refractivity (Wildman–Crippen MR) is 69.5 cm³/mol. The molecule has 0 aliphatic rings. The second kappa shape index (κ2) is 6.03. The molecule has 0 aliphatic carbocycles. The highest BCUT2D eigenvalue weighted by atomic mass is 16.2. The van der Waals surface area contributed by atoms with Crippen LogP contribution in [0.5, 0.6) is 0 Å². The molecule has 0 aromatic carbocycles. The monoisotopic (exact) mass is 242 g/mol. The van der Waals surface area contributed by atoms with Gasteiger partial charge in [0.2, 0.25) is 11.8 Å². The van der Waals surface area contributed by atoms with E-state index in [1.54, 1.807) is 7.05 Å². The van der Waals surface area contributed by atoms with Gasteiger partial charge in [-0.15, -0.1) is 0 Å². The van der Waals surface area contributed by atoms with Gasteiger partial charge in [-0.25, -0.2) is 0 Å². The van der Waals surface area contributed by atoms with Crippen LogP contribution < -0.4 is 10.6 Å². The fourth-order valence-electron chi connectivity index (χ4n) is 1.29. The molecule has 0 aliphatic heterocycles. The lowest BCUT2D eigenvalue weighted by atomic mass is 9.79. The van der Waals surface area contributed by atoms with Crippen molar-refractivity contribution in [3.05, 3.63) is 0 Å². The molecule has 4 nitrogen and oxygen atoms in total. The first-order valence-electron chi connectivity index (χ1n) is 6.07. The van der Waals surface area contributed by atoms with Gasteiger partial charge in [0.15, 0.2) is 0 Å². The van der Waals surface area contributed by atoms with Crippen LogP contribution in [-0.2, 0) is 9.59 Å². The first-order valence-corrected chi connectivity index (χ1v) is 6.07. The van der Waals surface area contributed by atoms with E-state index in [0.29, 0.717) is 0 Å². The van der Waals surface area contributed by atoms with E-state index >= 15 is 0 Å². The van der Waals surface area contributed by atoms with Crippen LogP contribution >= 0.6 is 0 Å². The third-order valence-electron chi connectivity index (χ3n) is 2.80. The molecular formula is C13H26N2O2. The minimum atomic E-state index is -0.429. The highest BCUT2D eigenvalue weighted by molar-refractivity contribution is 5.87. The van der Waals surface area contributed by atoms with E-state index < -0.39 is 5.41 Å². The van der Waals surface area contributed by atoms with Crippen LogP contribution in [0.25, 0.3) is 0 Å². The zero-order chi connectivity index (χ0) is 13.7. The highest BCUT2D eigenvalue weighted by Gasteiger charge is 2.29. The Morgan fingerprint density at radius 2 is 1.53 bits per heavy atom. The van der Waals surface area contributed by atoms with E-state index in [1.165, 1.54) is 0 Å².